The molecule has 1 aromatic carbocycles. The second-order valence-electron chi connectivity index (χ2n) is 4.24. The van der Waals surface area contributed by atoms with E-state index in [0.717, 1.165) is 5.69 Å². The monoisotopic (exact) mass is 250 g/mol. The number of benzene rings is 1. The van der Waals surface area contributed by atoms with Crippen LogP contribution < -0.4 is 5.73 Å². The summed E-state index contributed by atoms with van der Waals surface area (Å²) in [4.78, 5) is 0. The molecule has 0 bridgehead atoms. The van der Waals surface area contributed by atoms with Crippen molar-refractivity contribution in [3.63, 3.8) is 0 Å². The van der Waals surface area contributed by atoms with Crippen molar-refractivity contribution in [2.45, 2.75) is 18.9 Å². The maximum absolute atomic E-state index is 14.1. The van der Waals surface area contributed by atoms with Crippen molar-refractivity contribution in [2.24, 2.45) is 5.73 Å². The van der Waals surface area contributed by atoms with Crippen molar-refractivity contribution in [1.29, 1.82) is 0 Å². The number of hydrogen-bond acceptors (Lipinski definition) is 1. The fourth-order valence-electron chi connectivity index (χ4n) is 1.97. The van der Waals surface area contributed by atoms with E-state index in [2.05, 4.69) is 0 Å². The summed E-state index contributed by atoms with van der Waals surface area (Å²) < 4.78 is 29.7. The highest BCUT2D eigenvalue weighted by molar-refractivity contribution is 5.20. The third-order valence-electron chi connectivity index (χ3n) is 2.89. The Labute approximate surface area is 105 Å². The zero-order chi connectivity index (χ0) is 13.0. The van der Waals surface area contributed by atoms with Gasteiger partial charge in [0.25, 0.3) is 5.92 Å². The Morgan fingerprint density at radius 2 is 1.78 bits per heavy atom. The number of alkyl halides is 2. The predicted octanol–water partition coefficient (Wildman–Crippen LogP) is 2.78. The van der Waals surface area contributed by atoms with Gasteiger partial charge in [-0.2, -0.15) is 8.78 Å². The van der Waals surface area contributed by atoms with Crippen molar-refractivity contribution < 1.29 is 8.78 Å². The molecule has 0 unspecified atom stereocenters. The molecule has 0 radical (unpaired) electrons. The number of nitrogens with zero attached hydrogens (tertiary/aromatic N) is 1. The molecule has 1 heterocycles. The molecule has 0 saturated carbocycles. The van der Waals surface area contributed by atoms with Gasteiger partial charge < -0.3 is 10.3 Å². The minimum Gasteiger partial charge on any atom is -0.345 e. The van der Waals surface area contributed by atoms with Gasteiger partial charge in [-0.25, -0.2) is 0 Å². The van der Waals surface area contributed by atoms with Crippen LogP contribution in [0, 0.1) is 0 Å². The van der Waals surface area contributed by atoms with Crippen molar-refractivity contribution in [3.8, 4) is 0 Å². The molecular weight excluding hydrogens is 234 g/mol. The Hall–Kier alpha value is -1.68. The lowest BCUT2D eigenvalue weighted by Gasteiger charge is -2.19. The summed E-state index contributed by atoms with van der Waals surface area (Å²) in [6.07, 6.45) is 2.28. The number of nitrogens with two attached hydrogens (primary N) is 1. The van der Waals surface area contributed by atoms with E-state index in [-0.39, 0.29) is 12.1 Å². The topological polar surface area (TPSA) is 30.9 Å². The Balaban J connectivity index is 2.19. The van der Waals surface area contributed by atoms with Crippen LogP contribution in [0.5, 0.6) is 0 Å². The number of rotatable bonds is 5. The first-order valence-electron chi connectivity index (χ1n) is 5.91. The molecule has 2 rings (SSSR count). The van der Waals surface area contributed by atoms with Crippen molar-refractivity contribution in [3.05, 3.63) is 59.9 Å². The molecule has 0 saturated heterocycles. The van der Waals surface area contributed by atoms with E-state index in [1.54, 1.807) is 35.0 Å². The largest absolute Gasteiger partial charge is 0.345 e. The molecule has 4 heteroatoms. The molecule has 2 N–H and O–H groups in total. The smallest absolute Gasteiger partial charge is 0.290 e. The summed E-state index contributed by atoms with van der Waals surface area (Å²) in [6.45, 7) is 0.111. The van der Waals surface area contributed by atoms with Crippen LogP contribution in [0.3, 0.4) is 0 Å². The van der Waals surface area contributed by atoms with Gasteiger partial charge in [0.2, 0.25) is 0 Å². The molecule has 2 aromatic rings. The first kappa shape index (κ1) is 12.8. The Bertz CT molecular complexity index is 492. The minimum atomic E-state index is -2.87. The quantitative estimate of drug-likeness (QED) is 0.869. The minimum absolute atomic E-state index is 0.0393. The fourth-order valence-corrected chi connectivity index (χ4v) is 1.97. The summed E-state index contributed by atoms with van der Waals surface area (Å²) in [5.41, 5.74) is 6.34. The van der Waals surface area contributed by atoms with E-state index >= 15 is 0 Å². The SMILES string of the molecule is NCCc1cccn1CC(F)(F)c1ccccc1. The lowest BCUT2D eigenvalue weighted by atomic mass is 10.1. The van der Waals surface area contributed by atoms with Gasteiger partial charge in [0.05, 0.1) is 6.54 Å². The standard InChI is InChI=1S/C14H16F2N2/c15-14(16,12-5-2-1-3-6-12)11-18-10-4-7-13(18)8-9-17/h1-7,10H,8-9,11,17H2. The average molecular weight is 250 g/mol. The molecule has 18 heavy (non-hydrogen) atoms. The van der Waals surface area contributed by atoms with E-state index in [9.17, 15) is 8.78 Å². The van der Waals surface area contributed by atoms with Gasteiger partial charge in [-0.15, -0.1) is 0 Å². The summed E-state index contributed by atoms with van der Waals surface area (Å²) in [5.74, 6) is -2.87. The maximum Gasteiger partial charge on any atom is 0.290 e. The molecule has 0 amide bonds. The van der Waals surface area contributed by atoms with E-state index in [1.807, 2.05) is 6.07 Å². The average Bonchev–Trinajstić information content (AvgIpc) is 2.78. The predicted molar refractivity (Wildman–Crippen MR) is 67.5 cm³/mol. The van der Waals surface area contributed by atoms with Gasteiger partial charge in [0.1, 0.15) is 0 Å². The second-order valence-corrected chi connectivity index (χ2v) is 4.24. The highest BCUT2D eigenvalue weighted by Gasteiger charge is 2.32. The summed E-state index contributed by atoms with van der Waals surface area (Å²) in [7, 11) is 0. The van der Waals surface area contributed by atoms with Crippen LogP contribution in [-0.2, 0) is 18.9 Å². The molecule has 0 atom stereocenters. The van der Waals surface area contributed by atoms with Gasteiger partial charge >= 0.3 is 0 Å². The van der Waals surface area contributed by atoms with E-state index in [4.69, 9.17) is 5.73 Å². The Kier molecular flexibility index (Phi) is 3.77. The maximum atomic E-state index is 14.1. The Morgan fingerprint density at radius 3 is 2.44 bits per heavy atom. The van der Waals surface area contributed by atoms with E-state index in [0.29, 0.717) is 13.0 Å². The van der Waals surface area contributed by atoms with E-state index in [1.165, 1.54) is 12.1 Å². The molecule has 96 valence electrons. The van der Waals surface area contributed by atoms with Crippen LogP contribution in [0.15, 0.2) is 48.7 Å². The van der Waals surface area contributed by atoms with Crippen LogP contribution in [0.4, 0.5) is 8.78 Å². The van der Waals surface area contributed by atoms with Gasteiger partial charge in [0, 0.05) is 17.5 Å². The van der Waals surface area contributed by atoms with Crippen molar-refractivity contribution in [2.75, 3.05) is 6.54 Å². The summed E-state index contributed by atoms with van der Waals surface area (Å²) in [5, 5.41) is 0. The zero-order valence-corrected chi connectivity index (χ0v) is 10.0. The first-order chi connectivity index (χ1) is 8.63. The van der Waals surface area contributed by atoms with Gasteiger partial charge in [-0.05, 0) is 25.1 Å². The third-order valence-corrected chi connectivity index (χ3v) is 2.89. The number of hydrogen-bond donors (Lipinski definition) is 1. The molecular formula is C14H16F2N2. The van der Waals surface area contributed by atoms with Crippen molar-refractivity contribution in [1.82, 2.24) is 4.57 Å². The Morgan fingerprint density at radius 1 is 1.06 bits per heavy atom. The van der Waals surface area contributed by atoms with Crippen LogP contribution in [0.1, 0.15) is 11.3 Å². The number of halogens is 2. The van der Waals surface area contributed by atoms with Crippen LogP contribution in [0.25, 0.3) is 0 Å². The second kappa shape index (κ2) is 5.31. The number of aromatic nitrogens is 1. The lowest BCUT2D eigenvalue weighted by Crippen LogP contribution is -2.22. The molecule has 0 aliphatic carbocycles. The highest BCUT2D eigenvalue weighted by Crippen LogP contribution is 2.30. The molecule has 0 spiro atoms. The zero-order valence-electron chi connectivity index (χ0n) is 10.0. The molecule has 0 aliphatic rings. The van der Waals surface area contributed by atoms with Gasteiger partial charge in [-0.3, -0.25) is 0 Å². The summed E-state index contributed by atoms with van der Waals surface area (Å²) in [6, 6.07) is 11.5. The van der Waals surface area contributed by atoms with Crippen LogP contribution in [0.2, 0.25) is 0 Å². The van der Waals surface area contributed by atoms with Gasteiger partial charge in [-0.1, -0.05) is 30.3 Å². The third kappa shape index (κ3) is 2.76. The molecule has 0 fully saturated rings. The summed E-state index contributed by atoms with van der Waals surface area (Å²) >= 11 is 0. The molecule has 0 aliphatic heterocycles. The fraction of sp³-hybridized carbons (Fsp3) is 0.286. The van der Waals surface area contributed by atoms with Gasteiger partial charge in [0.15, 0.2) is 0 Å². The molecule has 1 aromatic heterocycles. The first-order valence-corrected chi connectivity index (χ1v) is 5.91. The van der Waals surface area contributed by atoms with E-state index < -0.39 is 5.92 Å². The van der Waals surface area contributed by atoms with Crippen LogP contribution in [-0.4, -0.2) is 11.1 Å². The molecule has 2 nitrogen and oxygen atoms in total. The lowest BCUT2D eigenvalue weighted by molar-refractivity contribution is -0.0227. The van der Waals surface area contributed by atoms with Crippen LogP contribution >= 0.6 is 0 Å². The van der Waals surface area contributed by atoms with Crippen molar-refractivity contribution >= 4 is 0 Å². The highest BCUT2D eigenvalue weighted by atomic mass is 19.3. The normalized spacial score (nSPS) is 11.7.